The molecule has 0 radical (unpaired) electrons. The van der Waals surface area contributed by atoms with E-state index in [1.54, 1.807) is 24.4 Å². The number of ether oxygens (including phenoxy) is 1. The molecule has 0 aliphatic carbocycles. The minimum atomic E-state index is 0.211. The predicted molar refractivity (Wildman–Crippen MR) is 123 cm³/mol. The Labute approximate surface area is 177 Å². The van der Waals surface area contributed by atoms with Crippen molar-refractivity contribution in [3.8, 4) is 18.1 Å². The molecule has 152 valence electrons. The maximum absolute atomic E-state index is 12.9. The molecule has 2 aromatic carbocycles. The number of hydrogen-bond donors (Lipinski definition) is 1. The summed E-state index contributed by atoms with van der Waals surface area (Å²) in [6.45, 7) is 8.69. The summed E-state index contributed by atoms with van der Waals surface area (Å²) in [4.78, 5) is 5.06. The van der Waals surface area contributed by atoms with Crippen LogP contribution in [-0.4, -0.2) is 11.6 Å². The van der Waals surface area contributed by atoms with Gasteiger partial charge in [-0.1, -0.05) is 39.2 Å². The molecule has 29 heavy (non-hydrogen) atoms. The Hall–Kier alpha value is -2.71. The first-order chi connectivity index (χ1) is 14.2. The highest BCUT2D eigenvalue weighted by molar-refractivity contribution is 7.94. The second-order valence-electron chi connectivity index (χ2n) is 6.08. The number of hydrogen-bond acceptors (Lipinski definition) is 4. The second kappa shape index (κ2) is 11.3. The molecule has 3 nitrogen and oxygen atoms in total. The molecule has 1 heterocycles. The van der Waals surface area contributed by atoms with E-state index in [9.17, 15) is 3.89 Å². The van der Waals surface area contributed by atoms with Gasteiger partial charge in [-0.05, 0) is 49.2 Å². The Kier molecular flexibility index (Phi) is 8.82. The van der Waals surface area contributed by atoms with E-state index in [0.29, 0.717) is 17.1 Å². The van der Waals surface area contributed by atoms with Gasteiger partial charge in [-0.2, -0.15) is 3.89 Å². The third-order valence-electron chi connectivity index (χ3n) is 4.22. The fourth-order valence-electron chi connectivity index (χ4n) is 3.03. The average Bonchev–Trinajstić information content (AvgIpc) is 2.76. The zero-order chi connectivity index (χ0) is 21.2. The number of anilines is 2. The third-order valence-corrected chi connectivity index (χ3v) is 4.65. The Morgan fingerprint density at radius 1 is 1.21 bits per heavy atom. The molecule has 0 fully saturated rings. The van der Waals surface area contributed by atoms with Gasteiger partial charge in [0.2, 0.25) is 0 Å². The molecule has 0 saturated heterocycles. The quantitative estimate of drug-likeness (QED) is 0.414. The van der Waals surface area contributed by atoms with Crippen LogP contribution in [0.15, 0.2) is 47.5 Å². The number of terminal acetylenes is 1. The summed E-state index contributed by atoms with van der Waals surface area (Å²) >= 11 is 0.211. The highest BCUT2D eigenvalue weighted by Gasteiger charge is 2.13. The van der Waals surface area contributed by atoms with Crippen molar-refractivity contribution in [2.45, 2.75) is 45.4 Å². The highest BCUT2D eigenvalue weighted by Crippen LogP contribution is 2.35. The van der Waals surface area contributed by atoms with Gasteiger partial charge in [0.05, 0.1) is 35.5 Å². The van der Waals surface area contributed by atoms with Gasteiger partial charge in [0.1, 0.15) is 5.75 Å². The SMILES string of the molecule is C#Cc1cnc2cc(CCC)c(OCC)cc2c1Nc1cccc(SF)c1.CC. The van der Waals surface area contributed by atoms with E-state index in [1.807, 2.05) is 32.9 Å². The Bertz CT molecular complexity index is 998. The topological polar surface area (TPSA) is 34.1 Å². The number of halogens is 1. The van der Waals surface area contributed by atoms with Gasteiger partial charge in [-0.15, -0.1) is 6.42 Å². The van der Waals surface area contributed by atoms with Crippen LogP contribution in [0.1, 0.15) is 45.2 Å². The standard InChI is InChI=1S/C22H21FN2OS.C2H6/c1-4-8-16-11-20-19(13-21(16)26-6-3)22(15(5-2)14-24-20)25-17-9-7-10-18(12-17)27-23;1-2/h2,7,9-14H,4,6,8H2,1,3H3,(H,24,25);1-2H3. The zero-order valence-electron chi connectivity index (χ0n) is 17.4. The van der Waals surface area contributed by atoms with Crippen molar-refractivity contribution in [1.82, 2.24) is 4.98 Å². The molecule has 1 N–H and O–H groups in total. The summed E-state index contributed by atoms with van der Waals surface area (Å²) in [5, 5.41) is 4.23. The van der Waals surface area contributed by atoms with Crippen LogP contribution < -0.4 is 10.1 Å². The Morgan fingerprint density at radius 3 is 2.66 bits per heavy atom. The molecule has 0 saturated carbocycles. The van der Waals surface area contributed by atoms with Gasteiger partial charge < -0.3 is 10.1 Å². The van der Waals surface area contributed by atoms with E-state index in [4.69, 9.17) is 11.2 Å². The van der Waals surface area contributed by atoms with Crippen molar-refractivity contribution < 1.29 is 8.62 Å². The summed E-state index contributed by atoms with van der Waals surface area (Å²) in [5.74, 6) is 3.53. The summed E-state index contributed by atoms with van der Waals surface area (Å²) in [5.41, 5.74) is 4.16. The number of rotatable bonds is 7. The van der Waals surface area contributed by atoms with E-state index < -0.39 is 0 Å². The van der Waals surface area contributed by atoms with Gasteiger partial charge in [0, 0.05) is 22.2 Å². The van der Waals surface area contributed by atoms with Crippen LogP contribution in [0, 0.1) is 12.3 Å². The zero-order valence-corrected chi connectivity index (χ0v) is 18.2. The van der Waals surface area contributed by atoms with Crippen LogP contribution in [0.4, 0.5) is 15.3 Å². The van der Waals surface area contributed by atoms with Crippen molar-refractivity contribution in [2.75, 3.05) is 11.9 Å². The molecule has 0 amide bonds. The maximum Gasteiger partial charge on any atom is 0.123 e. The van der Waals surface area contributed by atoms with Gasteiger partial charge in [0.15, 0.2) is 0 Å². The molecule has 0 aliphatic heterocycles. The molecule has 3 aromatic rings. The smallest absolute Gasteiger partial charge is 0.123 e. The molecule has 0 unspecified atom stereocenters. The second-order valence-corrected chi connectivity index (χ2v) is 6.71. The normalized spacial score (nSPS) is 10.1. The van der Waals surface area contributed by atoms with Crippen LogP contribution in [0.3, 0.4) is 0 Å². The van der Waals surface area contributed by atoms with Crippen molar-refractivity contribution in [1.29, 1.82) is 0 Å². The summed E-state index contributed by atoms with van der Waals surface area (Å²) in [6, 6.07) is 11.2. The van der Waals surface area contributed by atoms with E-state index in [1.165, 1.54) is 0 Å². The average molecular weight is 411 g/mol. The molecule has 0 aliphatic rings. The lowest BCUT2D eigenvalue weighted by Gasteiger charge is -2.16. The molecule has 1 aromatic heterocycles. The number of nitrogens with one attached hydrogen (secondary N) is 1. The van der Waals surface area contributed by atoms with Crippen molar-refractivity contribution in [3.05, 3.63) is 53.7 Å². The lowest BCUT2D eigenvalue weighted by molar-refractivity contribution is 0.337. The highest BCUT2D eigenvalue weighted by atomic mass is 32.2. The van der Waals surface area contributed by atoms with Crippen LogP contribution in [-0.2, 0) is 6.42 Å². The number of nitrogens with zero attached hydrogens (tertiary/aromatic N) is 1. The first kappa shape index (κ1) is 22.6. The summed E-state index contributed by atoms with van der Waals surface area (Å²) in [6.07, 6.45) is 9.33. The summed E-state index contributed by atoms with van der Waals surface area (Å²) in [7, 11) is 0. The lowest BCUT2D eigenvalue weighted by atomic mass is 10.0. The number of aromatic nitrogens is 1. The lowest BCUT2D eigenvalue weighted by Crippen LogP contribution is -2.01. The number of benzene rings is 2. The third kappa shape index (κ3) is 5.42. The van der Waals surface area contributed by atoms with Gasteiger partial charge in [0.25, 0.3) is 0 Å². The number of fused-ring (bicyclic) bond motifs is 1. The predicted octanol–water partition coefficient (Wildman–Crippen LogP) is 7.31. The van der Waals surface area contributed by atoms with Crippen LogP contribution >= 0.6 is 12.1 Å². The van der Waals surface area contributed by atoms with E-state index in [0.717, 1.165) is 46.4 Å². The minimum Gasteiger partial charge on any atom is -0.494 e. The Balaban J connectivity index is 0.00000145. The van der Waals surface area contributed by atoms with Gasteiger partial charge in [-0.25, -0.2) is 0 Å². The largest absolute Gasteiger partial charge is 0.494 e. The van der Waals surface area contributed by atoms with Crippen LogP contribution in [0.25, 0.3) is 10.9 Å². The molecular weight excluding hydrogens is 383 g/mol. The van der Waals surface area contributed by atoms with E-state index in [-0.39, 0.29) is 12.1 Å². The van der Waals surface area contributed by atoms with Crippen LogP contribution in [0.2, 0.25) is 0 Å². The molecule has 0 spiro atoms. The molecule has 3 rings (SSSR count). The molecular formula is C24H27FN2OS. The van der Waals surface area contributed by atoms with Gasteiger partial charge >= 0.3 is 0 Å². The Morgan fingerprint density at radius 2 is 2.00 bits per heavy atom. The van der Waals surface area contributed by atoms with Gasteiger partial charge in [-0.3, -0.25) is 4.98 Å². The number of pyridine rings is 1. The molecule has 0 bridgehead atoms. The van der Waals surface area contributed by atoms with Crippen LogP contribution in [0.5, 0.6) is 5.75 Å². The fourth-order valence-corrected chi connectivity index (χ4v) is 3.33. The van der Waals surface area contributed by atoms with E-state index in [2.05, 4.69) is 29.2 Å². The molecule has 5 heteroatoms. The minimum absolute atomic E-state index is 0.211. The monoisotopic (exact) mass is 410 g/mol. The van der Waals surface area contributed by atoms with Crippen molar-refractivity contribution >= 4 is 34.4 Å². The van der Waals surface area contributed by atoms with Crippen molar-refractivity contribution in [3.63, 3.8) is 0 Å². The number of aryl methyl sites for hydroxylation is 1. The maximum atomic E-state index is 12.9. The van der Waals surface area contributed by atoms with E-state index >= 15 is 0 Å². The first-order valence-corrected chi connectivity index (χ1v) is 10.6. The summed E-state index contributed by atoms with van der Waals surface area (Å²) < 4.78 is 18.8. The van der Waals surface area contributed by atoms with Crippen molar-refractivity contribution in [2.24, 2.45) is 0 Å². The molecule has 0 atom stereocenters. The fraction of sp³-hybridized carbons (Fsp3) is 0.292. The first-order valence-electron chi connectivity index (χ1n) is 9.90.